The molecule has 0 aromatic heterocycles. The smallest absolute Gasteiger partial charge is 0.273 e. The van der Waals surface area contributed by atoms with E-state index >= 15 is 0 Å². The number of nitro benzene ring substituents is 1. The highest BCUT2D eigenvalue weighted by Crippen LogP contribution is 2.19. The van der Waals surface area contributed by atoms with E-state index in [1.807, 2.05) is 30.3 Å². The van der Waals surface area contributed by atoms with Gasteiger partial charge in [0.1, 0.15) is 18.5 Å². The van der Waals surface area contributed by atoms with Gasteiger partial charge in [0.25, 0.3) is 5.69 Å². The Bertz CT molecular complexity index is 853. The van der Waals surface area contributed by atoms with Crippen molar-refractivity contribution in [3.05, 3.63) is 70.3 Å². The summed E-state index contributed by atoms with van der Waals surface area (Å²) in [6.45, 7) is 2.11. The van der Waals surface area contributed by atoms with Crippen molar-refractivity contribution in [3.8, 4) is 5.75 Å². The van der Waals surface area contributed by atoms with Gasteiger partial charge in [0.2, 0.25) is 5.91 Å². The summed E-state index contributed by atoms with van der Waals surface area (Å²) in [7, 11) is 0. The second kappa shape index (κ2) is 11.4. The maximum atomic E-state index is 12.2. The highest BCUT2D eigenvalue weighted by molar-refractivity contribution is 5.76. The van der Waals surface area contributed by atoms with E-state index in [9.17, 15) is 20.0 Å². The molecule has 0 saturated carbocycles. The van der Waals surface area contributed by atoms with Crippen molar-refractivity contribution in [2.24, 2.45) is 0 Å². The Hall–Kier alpha value is -2.97. The number of carbonyl (C=O) groups is 1. The number of rotatable bonds is 10. The van der Waals surface area contributed by atoms with Crippen LogP contribution in [0.4, 0.5) is 5.69 Å². The van der Waals surface area contributed by atoms with Crippen LogP contribution in [0.1, 0.15) is 24.8 Å². The molecule has 0 bridgehead atoms. The molecule has 1 atom stereocenters. The van der Waals surface area contributed by atoms with Crippen LogP contribution in [-0.2, 0) is 11.2 Å². The standard InChI is InChI=1S/C23H29N3O5/c27-21(17-31-22-8-4-7-20(15-22)26(29)30)16-25-13-11-19(12-14-25)24-23(28)10-9-18-5-2-1-3-6-18/h1-8,15,19,21,27H,9-14,16-17H2,(H,24,28). The van der Waals surface area contributed by atoms with Gasteiger partial charge >= 0.3 is 0 Å². The van der Waals surface area contributed by atoms with Gasteiger partial charge in [-0.3, -0.25) is 14.9 Å². The molecular weight excluding hydrogens is 398 g/mol. The van der Waals surface area contributed by atoms with Gasteiger partial charge in [-0.25, -0.2) is 0 Å². The van der Waals surface area contributed by atoms with Gasteiger partial charge in [-0.1, -0.05) is 36.4 Å². The maximum absolute atomic E-state index is 12.2. The first-order valence-electron chi connectivity index (χ1n) is 10.6. The number of benzene rings is 2. The first-order chi connectivity index (χ1) is 15.0. The quantitative estimate of drug-likeness (QED) is 0.446. The Balaban J connectivity index is 1.32. The Morgan fingerprint density at radius 1 is 1.19 bits per heavy atom. The summed E-state index contributed by atoms with van der Waals surface area (Å²) in [5, 5.41) is 24.2. The lowest BCUT2D eigenvalue weighted by molar-refractivity contribution is -0.384. The lowest BCUT2D eigenvalue weighted by Crippen LogP contribution is -2.47. The minimum atomic E-state index is -0.698. The highest BCUT2D eigenvalue weighted by atomic mass is 16.6. The van der Waals surface area contributed by atoms with Crippen molar-refractivity contribution in [2.75, 3.05) is 26.2 Å². The number of aliphatic hydroxyl groups is 1. The van der Waals surface area contributed by atoms with E-state index in [1.54, 1.807) is 12.1 Å². The fraction of sp³-hybridized carbons (Fsp3) is 0.435. The zero-order valence-corrected chi connectivity index (χ0v) is 17.5. The lowest BCUT2D eigenvalue weighted by Gasteiger charge is -2.33. The molecule has 0 radical (unpaired) electrons. The molecule has 2 aromatic rings. The third kappa shape index (κ3) is 7.66. The number of carbonyl (C=O) groups excluding carboxylic acids is 1. The van der Waals surface area contributed by atoms with Crippen molar-refractivity contribution in [1.29, 1.82) is 0 Å². The van der Waals surface area contributed by atoms with Crippen LogP contribution in [0.25, 0.3) is 0 Å². The molecule has 1 heterocycles. The minimum Gasteiger partial charge on any atom is -0.491 e. The third-order valence-corrected chi connectivity index (χ3v) is 5.38. The molecule has 1 aliphatic rings. The number of β-amino-alcohol motifs (C(OH)–C–C–N with tert-alkyl or cyclic N) is 1. The Kier molecular flexibility index (Phi) is 8.37. The minimum absolute atomic E-state index is 0.0418. The number of nitrogens with zero attached hydrogens (tertiary/aromatic N) is 2. The molecular formula is C23H29N3O5. The summed E-state index contributed by atoms with van der Waals surface area (Å²) >= 11 is 0. The molecule has 8 heteroatoms. The Morgan fingerprint density at radius 3 is 2.65 bits per heavy atom. The van der Waals surface area contributed by atoms with E-state index in [1.165, 1.54) is 12.1 Å². The number of hydrogen-bond donors (Lipinski definition) is 2. The second-order valence-corrected chi connectivity index (χ2v) is 7.85. The molecule has 2 aromatic carbocycles. The van der Waals surface area contributed by atoms with Crippen LogP contribution < -0.4 is 10.1 Å². The number of nitrogens with one attached hydrogen (secondary N) is 1. The highest BCUT2D eigenvalue weighted by Gasteiger charge is 2.22. The summed E-state index contributed by atoms with van der Waals surface area (Å²) in [4.78, 5) is 24.7. The third-order valence-electron chi connectivity index (χ3n) is 5.38. The molecule has 1 amide bonds. The number of likely N-dealkylation sites (tertiary alicyclic amines) is 1. The SMILES string of the molecule is O=C(CCc1ccccc1)NC1CCN(CC(O)COc2cccc([N+](=O)[O-])c2)CC1. The van der Waals surface area contributed by atoms with Gasteiger partial charge in [-0.2, -0.15) is 0 Å². The van der Waals surface area contributed by atoms with Crippen LogP contribution in [0.5, 0.6) is 5.75 Å². The van der Waals surface area contributed by atoms with Gasteiger partial charge in [0, 0.05) is 38.2 Å². The van der Waals surface area contributed by atoms with Crippen molar-refractivity contribution in [3.63, 3.8) is 0 Å². The van der Waals surface area contributed by atoms with E-state index in [0.29, 0.717) is 18.7 Å². The van der Waals surface area contributed by atoms with E-state index in [4.69, 9.17) is 4.74 Å². The maximum Gasteiger partial charge on any atom is 0.273 e. The number of nitro groups is 1. The first kappa shape index (κ1) is 22.7. The lowest BCUT2D eigenvalue weighted by atomic mass is 10.0. The molecule has 1 saturated heterocycles. The van der Waals surface area contributed by atoms with Crippen LogP contribution in [0, 0.1) is 10.1 Å². The molecule has 1 aliphatic heterocycles. The van der Waals surface area contributed by atoms with Gasteiger partial charge in [0.15, 0.2) is 0 Å². The molecule has 2 N–H and O–H groups in total. The van der Waals surface area contributed by atoms with Crippen LogP contribution in [0.15, 0.2) is 54.6 Å². The fourth-order valence-corrected chi connectivity index (χ4v) is 3.69. The summed E-state index contributed by atoms with van der Waals surface area (Å²) in [5.41, 5.74) is 1.12. The van der Waals surface area contributed by atoms with Crippen LogP contribution in [-0.4, -0.2) is 59.2 Å². The molecule has 166 valence electrons. The van der Waals surface area contributed by atoms with E-state index in [2.05, 4.69) is 10.2 Å². The van der Waals surface area contributed by atoms with Gasteiger partial charge < -0.3 is 20.1 Å². The van der Waals surface area contributed by atoms with Crippen molar-refractivity contribution >= 4 is 11.6 Å². The van der Waals surface area contributed by atoms with Crippen LogP contribution in [0.3, 0.4) is 0 Å². The first-order valence-corrected chi connectivity index (χ1v) is 10.6. The Morgan fingerprint density at radius 2 is 1.94 bits per heavy atom. The number of amides is 1. The van der Waals surface area contributed by atoms with E-state index < -0.39 is 11.0 Å². The predicted octanol–water partition coefficient (Wildman–Crippen LogP) is 2.55. The van der Waals surface area contributed by atoms with Gasteiger partial charge in [-0.15, -0.1) is 0 Å². The van der Waals surface area contributed by atoms with Crippen LogP contribution in [0.2, 0.25) is 0 Å². The summed E-state index contributed by atoms with van der Waals surface area (Å²) in [6, 6.07) is 16.1. The molecule has 8 nitrogen and oxygen atoms in total. The monoisotopic (exact) mass is 427 g/mol. The molecule has 0 aliphatic carbocycles. The topological polar surface area (TPSA) is 105 Å². The summed E-state index contributed by atoms with van der Waals surface area (Å²) in [5.74, 6) is 0.442. The van der Waals surface area contributed by atoms with Crippen LogP contribution >= 0.6 is 0 Å². The molecule has 3 rings (SSSR count). The second-order valence-electron chi connectivity index (χ2n) is 7.85. The molecule has 31 heavy (non-hydrogen) atoms. The van der Waals surface area contributed by atoms with E-state index in [0.717, 1.165) is 37.9 Å². The van der Waals surface area contributed by atoms with Gasteiger partial charge in [-0.05, 0) is 30.9 Å². The number of ether oxygens (including phenoxy) is 1. The molecule has 1 fully saturated rings. The normalized spacial score (nSPS) is 15.9. The zero-order chi connectivity index (χ0) is 22.1. The van der Waals surface area contributed by atoms with Crippen molar-refractivity contribution in [1.82, 2.24) is 10.2 Å². The number of aryl methyl sites for hydroxylation is 1. The average molecular weight is 428 g/mol. The fourth-order valence-electron chi connectivity index (χ4n) is 3.69. The number of aliphatic hydroxyl groups excluding tert-OH is 1. The summed E-state index contributed by atoms with van der Waals surface area (Å²) in [6.07, 6.45) is 2.21. The number of hydrogen-bond acceptors (Lipinski definition) is 6. The molecule has 0 spiro atoms. The van der Waals surface area contributed by atoms with Crippen molar-refractivity contribution in [2.45, 2.75) is 37.8 Å². The number of piperidine rings is 1. The largest absolute Gasteiger partial charge is 0.491 e. The van der Waals surface area contributed by atoms with E-state index in [-0.39, 0.29) is 24.2 Å². The Labute approximate surface area is 182 Å². The molecule has 1 unspecified atom stereocenters. The average Bonchev–Trinajstić information content (AvgIpc) is 2.78. The zero-order valence-electron chi connectivity index (χ0n) is 17.5. The summed E-state index contributed by atoms with van der Waals surface area (Å²) < 4.78 is 5.50. The predicted molar refractivity (Wildman–Crippen MR) is 117 cm³/mol. The van der Waals surface area contributed by atoms with Gasteiger partial charge in [0.05, 0.1) is 11.0 Å². The van der Waals surface area contributed by atoms with Crippen molar-refractivity contribution < 1.29 is 19.6 Å². The number of non-ortho nitro benzene ring substituents is 1.